The number of carbonyl (C=O) groups excluding carboxylic acids is 1. The standard InChI is InChI=1S/C17H27N3OS.2ClH/c1-13-12-22-16(19-13)17(8-2-3-9-17)20-15(21)5-4-14-6-10-18-11-7-14;;/h12,14,18H,2-11H2,1H3,(H,20,21);2*1H. The summed E-state index contributed by atoms with van der Waals surface area (Å²) in [6, 6.07) is 0. The fourth-order valence-corrected chi connectivity index (χ4v) is 4.79. The molecule has 1 saturated carbocycles. The lowest BCUT2D eigenvalue weighted by atomic mass is 9.92. The van der Waals surface area contributed by atoms with Gasteiger partial charge in [0, 0.05) is 17.5 Å². The number of carbonyl (C=O) groups is 1. The summed E-state index contributed by atoms with van der Waals surface area (Å²) in [5.41, 5.74) is 0.889. The molecule has 0 unspecified atom stereocenters. The summed E-state index contributed by atoms with van der Waals surface area (Å²) in [7, 11) is 0. The van der Waals surface area contributed by atoms with Gasteiger partial charge in [0.1, 0.15) is 5.01 Å². The number of halogens is 2. The van der Waals surface area contributed by atoms with E-state index >= 15 is 0 Å². The normalized spacial score (nSPS) is 20.0. The van der Waals surface area contributed by atoms with Crippen molar-refractivity contribution in [2.24, 2.45) is 5.92 Å². The Labute approximate surface area is 161 Å². The van der Waals surface area contributed by atoms with E-state index in [4.69, 9.17) is 0 Å². The van der Waals surface area contributed by atoms with Crippen LogP contribution in [0.1, 0.15) is 62.1 Å². The zero-order chi connectivity index (χ0) is 15.4. The van der Waals surface area contributed by atoms with E-state index < -0.39 is 0 Å². The quantitative estimate of drug-likeness (QED) is 0.795. The van der Waals surface area contributed by atoms with Gasteiger partial charge in [-0.1, -0.05) is 12.8 Å². The number of nitrogens with one attached hydrogen (secondary N) is 2. The van der Waals surface area contributed by atoms with Crippen molar-refractivity contribution in [3.05, 3.63) is 16.1 Å². The second-order valence-electron chi connectivity index (χ2n) is 6.86. The van der Waals surface area contributed by atoms with E-state index in [-0.39, 0.29) is 36.3 Å². The Bertz CT molecular complexity index is 512. The molecule has 0 bridgehead atoms. The third-order valence-corrected chi connectivity index (χ3v) is 6.27. The average molecular weight is 394 g/mol. The molecule has 0 aromatic carbocycles. The SMILES string of the molecule is Cc1csc(C2(NC(=O)CCC3CCNCC3)CCCC2)n1.Cl.Cl. The Morgan fingerprint density at radius 2 is 2.00 bits per heavy atom. The largest absolute Gasteiger partial charge is 0.344 e. The lowest BCUT2D eigenvalue weighted by molar-refractivity contribution is -0.123. The van der Waals surface area contributed by atoms with Crippen molar-refractivity contribution in [2.75, 3.05) is 13.1 Å². The first-order chi connectivity index (χ1) is 10.7. The number of thiazole rings is 1. The lowest BCUT2D eigenvalue weighted by Gasteiger charge is -2.29. The Hall–Kier alpha value is -0.360. The van der Waals surface area contributed by atoms with Gasteiger partial charge in [0.25, 0.3) is 0 Å². The average Bonchev–Trinajstić information content (AvgIpc) is 3.16. The second kappa shape index (κ2) is 9.95. The van der Waals surface area contributed by atoms with Crippen LogP contribution in [0, 0.1) is 12.8 Å². The zero-order valence-electron chi connectivity index (χ0n) is 14.3. The number of aryl methyl sites for hydroxylation is 1. The fourth-order valence-electron chi connectivity index (χ4n) is 3.78. The summed E-state index contributed by atoms with van der Waals surface area (Å²) in [4.78, 5) is 17.1. The molecular formula is C17H29Cl2N3OS. The molecule has 1 aromatic rings. The van der Waals surface area contributed by atoms with Crippen LogP contribution in [-0.4, -0.2) is 24.0 Å². The molecule has 0 atom stereocenters. The first-order valence-electron chi connectivity index (χ1n) is 8.62. The smallest absolute Gasteiger partial charge is 0.220 e. The van der Waals surface area contributed by atoms with Crippen molar-refractivity contribution in [1.29, 1.82) is 0 Å². The molecular weight excluding hydrogens is 365 g/mol. The molecule has 2 fully saturated rings. The van der Waals surface area contributed by atoms with Gasteiger partial charge in [0.15, 0.2) is 0 Å². The van der Waals surface area contributed by atoms with Crippen molar-refractivity contribution >= 4 is 42.1 Å². The zero-order valence-corrected chi connectivity index (χ0v) is 16.8. The van der Waals surface area contributed by atoms with Gasteiger partial charge >= 0.3 is 0 Å². The number of hydrogen-bond acceptors (Lipinski definition) is 4. The number of hydrogen-bond donors (Lipinski definition) is 2. The molecule has 0 radical (unpaired) electrons. The molecule has 0 spiro atoms. The van der Waals surface area contributed by atoms with E-state index in [9.17, 15) is 4.79 Å². The molecule has 4 nitrogen and oxygen atoms in total. The van der Waals surface area contributed by atoms with Gasteiger partial charge in [-0.3, -0.25) is 4.79 Å². The lowest BCUT2D eigenvalue weighted by Crippen LogP contribution is -2.44. The van der Waals surface area contributed by atoms with Crippen LogP contribution < -0.4 is 10.6 Å². The number of nitrogens with zero attached hydrogens (tertiary/aromatic N) is 1. The molecule has 1 aromatic heterocycles. The summed E-state index contributed by atoms with van der Waals surface area (Å²) >= 11 is 1.70. The van der Waals surface area contributed by atoms with Crippen LogP contribution in [-0.2, 0) is 10.3 Å². The maximum atomic E-state index is 12.5. The Balaban J connectivity index is 0.00000144. The molecule has 7 heteroatoms. The van der Waals surface area contributed by atoms with Crippen LogP contribution in [0.4, 0.5) is 0 Å². The van der Waals surface area contributed by atoms with E-state index in [2.05, 4.69) is 21.0 Å². The van der Waals surface area contributed by atoms with Gasteiger partial charge < -0.3 is 10.6 Å². The summed E-state index contributed by atoms with van der Waals surface area (Å²) in [6.45, 7) is 4.24. The predicted molar refractivity (Wildman–Crippen MR) is 104 cm³/mol. The van der Waals surface area contributed by atoms with Crippen molar-refractivity contribution in [2.45, 2.75) is 63.8 Å². The van der Waals surface area contributed by atoms with Gasteiger partial charge in [0.05, 0.1) is 5.54 Å². The van der Waals surface area contributed by atoms with Crippen LogP contribution in [0.15, 0.2) is 5.38 Å². The molecule has 2 N–H and O–H groups in total. The molecule has 1 saturated heterocycles. The van der Waals surface area contributed by atoms with Crippen molar-refractivity contribution in [1.82, 2.24) is 15.6 Å². The monoisotopic (exact) mass is 393 g/mol. The third kappa shape index (κ3) is 5.32. The Morgan fingerprint density at radius 3 is 2.58 bits per heavy atom. The third-order valence-electron chi connectivity index (χ3n) is 5.10. The first kappa shape index (κ1) is 21.7. The van der Waals surface area contributed by atoms with Crippen LogP contribution in [0.5, 0.6) is 0 Å². The molecule has 138 valence electrons. The predicted octanol–water partition coefficient (Wildman–Crippen LogP) is 3.96. The highest BCUT2D eigenvalue weighted by atomic mass is 35.5. The van der Waals surface area contributed by atoms with Crippen molar-refractivity contribution in [3.8, 4) is 0 Å². The minimum atomic E-state index is -0.176. The number of amides is 1. The fraction of sp³-hybridized carbons (Fsp3) is 0.765. The minimum absolute atomic E-state index is 0. The molecule has 24 heavy (non-hydrogen) atoms. The second-order valence-corrected chi connectivity index (χ2v) is 7.72. The Morgan fingerprint density at radius 1 is 1.33 bits per heavy atom. The molecule has 2 heterocycles. The van der Waals surface area contributed by atoms with Crippen molar-refractivity contribution in [3.63, 3.8) is 0 Å². The minimum Gasteiger partial charge on any atom is -0.344 e. The van der Waals surface area contributed by atoms with Gasteiger partial charge in [0.2, 0.25) is 5.91 Å². The highest BCUT2D eigenvalue weighted by Gasteiger charge is 2.39. The molecule has 1 aliphatic carbocycles. The maximum Gasteiger partial charge on any atom is 0.220 e. The van der Waals surface area contributed by atoms with Gasteiger partial charge in [-0.15, -0.1) is 36.2 Å². The van der Waals surface area contributed by atoms with Crippen LogP contribution in [0.3, 0.4) is 0 Å². The molecule has 1 amide bonds. The van der Waals surface area contributed by atoms with E-state index in [0.717, 1.165) is 43.1 Å². The van der Waals surface area contributed by atoms with Gasteiger partial charge in [-0.05, 0) is 58.0 Å². The highest BCUT2D eigenvalue weighted by molar-refractivity contribution is 7.09. The maximum absolute atomic E-state index is 12.5. The molecule has 3 rings (SSSR count). The van der Waals surface area contributed by atoms with Crippen molar-refractivity contribution < 1.29 is 4.79 Å². The van der Waals surface area contributed by atoms with E-state index in [1.807, 2.05) is 6.92 Å². The topological polar surface area (TPSA) is 54.0 Å². The summed E-state index contributed by atoms with van der Waals surface area (Å²) in [5, 5.41) is 9.94. The first-order valence-corrected chi connectivity index (χ1v) is 9.50. The number of piperidine rings is 1. The number of rotatable bonds is 5. The highest BCUT2D eigenvalue weighted by Crippen LogP contribution is 2.40. The Kier molecular flexibility index (Phi) is 8.99. The summed E-state index contributed by atoms with van der Waals surface area (Å²) in [6.07, 6.45) is 8.57. The number of aromatic nitrogens is 1. The molecule has 1 aliphatic heterocycles. The van der Waals surface area contributed by atoms with Crippen LogP contribution in [0.2, 0.25) is 0 Å². The molecule has 2 aliphatic rings. The summed E-state index contributed by atoms with van der Waals surface area (Å²) in [5.74, 6) is 0.932. The van der Waals surface area contributed by atoms with E-state index in [1.54, 1.807) is 11.3 Å². The van der Waals surface area contributed by atoms with E-state index in [0.29, 0.717) is 12.3 Å². The summed E-state index contributed by atoms with van der Waals surface area (Å²) < 4.78 is 0. The van der Waals surface area contributed by atoms with Gasteiger partial charge in [-0.25, -0.2) is 4.98 Å². The van der Waals surface area contributed by atoms with Crippen LogP contribution >= 0.6 is 36.2 Å². The van der Waals surface area contributed by atoms with Crippen LogP contribution in [0.25, 0.3) is 0 Å². The van der Waals surface area contributed by atoms with E-state index in [1.165, 1.54) is 25.7 Å². The van der Waals surface area contributed by atoms with Gasteiger partial charge in [-0.2, -0.15) is 0 Å².